The van der Waals surface area contributed by atoms with Gasteiger partial charge in [0.05, 0.1) is 12.1 Å². The van der Waals surface area contributed by atoms with Gasteiger partial charge in [-0.2, -0.15) is 5.10 Å². The fourth-order valence-corrected chi connectivity index (χ4v) is 1.38. The van der Waals surface area contributed by atoms with E-state index >= 15 is 0 Å². The van der Waals surface area contributed by atoms with Gasteiger partial charge < -0.3 is 5.11 Å². The van der Waals surface area contributed by atoms with Gasteiger partial charge in [0.15, 0.2) is 0 Å². The summed E-state index contributed by atoms with van der Waals surface area (Å²) in [5.41, 5.74) is 0.492. The number of aromatic nitrogens is 2. The molecule has 0 aliphatic heterocycles. The molecule has 0 aliphatic rings. The first-order chi connectivity index (χ1) is 6.00. The van der Waals surface area contributed by atoms with Crippen LogP contribution in [0.15, 0.2) is 6.07 Å². The maximum atomic E-state index is 10.4. The Labute approximate surface area is 81.1 Å². The van der Waals surface area contributed by atoms with E-state index < -0.39 is 5.97 Å². The van der Waals surface area contributed by atoms with Gasteiger partial charge in [0.1, 0.15) is 5.15 Å². The molecular weight excluding hydrogens is 192 g/mol. The number of nitrogens with zero attached hydrogens (tertiary/aromatic N) is 2. The van der Waals surface area contributed by atoms with Crippen molar-refractivity contribution in [1.29, 1.82) is 0 Å². The van der Waals surface area contributed by atoms with Crippen LogP contribution in [0.4, 0.5) is 0 Å². The summed E-state index contributed by atoms with van der Waals surface area (Å²) in [6.45, 7) is 3.87. The first-order valence-electron chi connectivity index (χ1n) is 3.96. The van der Waals surface area contributed by atoms with Crippen molar-refractivity contribution in [3.05, 3.63) is 16.9 Å². The number of aliphatic carboxylic acids is 1. The quantitative estimate of drug-likeness (QED) is 0.813. The highest BCUT2D eigenvalue weighted by Gasteiger charge is 2.10. The zero-order chi connectivity index (χ0) is 10.0. The zero-order valence-electron chi connectivity index (χ0n) is 7.49. The van der Waals surface area contributed by atoms with Crippen LogP contribution in [-0.2, 0) is 11.2 Å². The van der Waals surface area contributed by atoms with Gasteiger partial charge in [-0.25, -0.2) is 0 Å². The molecule has 0 saturated heterocycles. The second kappa shape index (κ2) is 3.79. The van der Waals surface area contributed by atoms with Crippen LogP contribution >= 0.6 is 11.6 Å². The first kappa shape index (κ1) is 10.1. The molecule has 1 rings (SSSR count). The summed E-state index contributed by atoms with van der Waals surface area (Å²) >= 11 is 5.83. The van der Waals surface area contributed by atoms with E-state index in [9.17, 15) is 4.79 Å². The third-order valence-corrected chi connectivity index (χ3v) is 1.84. The summed E-state index contributed by atoms with van der Waals surface area (Å²) in [5, 5.41) is 13.0. The van der Waals surface area contributed by atoms with Crippen LogP contribution in [0.2, 0.25) is 5.15 Å². The Morgan fingerprint density at radius 1 is 1.77 bits per heavy atom. The molecule has 0 aliphatic carbocycles. The zero-order valence-corrected chi connectivity index (χ0v) is 8.25. The number of carboxylic acids is 1. The number of carboxylic acid groups (broad SMARTS) is 1. The molecule has 4 nitrogen and oxygen atoms in total. The summed E-state index contributed by atoms with van der Waals surface area (Å²) in [6.07, 6.45) is -0.0839. The van der Waals surface area contributed by atoms with Crippen LogP contribution in [-0.4, -0.2) is 20.9 Å². The van der Waals surface area contributed by atoms with E-state index in [1.165, 1.54) is 0 Å². The highest BCUT2D eigenvalue weighted by Crippen LogP contribution is 2.16. The Kier molecular flexibility index (Phi) is 2.93. The molecule has 0 atom stereocenters. The lowest BCUT2D eigenvalue weighted by molar-refractivity contribution is -0.136. The van der Waals surface area contributed by atoms with Crippen molar-refractivity contribution >= 4 is 17.6 Å². The number of hydrogen-bond donors (Lipinski definition) is 1. The van der Waals surface area contributed by atoms with Crippen molar-refractivity contribution in [1.82, 2.24) is 9.78 Å². The van der Waals surface area contributed by atoms with Gasteiger partial charge in [-0.05, 0) is 19.9 Å². The van der Waals surface area contributed by atoms with Crippen molar-refractivity contribution in [2.24, 2.45) is 0 Å². The topological polar surface area (TPSA) is 55.1 Å². The third kappa shape index (κ3) is 2.45. The smallest absolute Gasteiger partial charge is 0.309 e. The molecule has 0 unspecified atom stereocenters. The van der Waals surface area contributed by atoms with Gasteiger partial charge in [0, 0.05) is 6.04 Å². The third-order valence-electron chi connectivity index (χ3n) is 1.56. The number of rotatable bonds is 3. The minimum atomic E-state index is -0.898. The Morgan fingerprint density at radius 2 is 2.38 bits per heavy atom. The van der Waals surface area contributed by atoms with E-state index in [4.69, 9.17) is 16.7 Å². The summed E-state index contributed by atoms with van der Waals surface area (Å²) in [7, 11) is 0. The largest absolute Gasteiger partial charge is 0.481 e. The molecular formula is C8H11ClN2O2. The van der Waals surface area contributed by atoms with Crippen LogP contribution in [0, 0.1) is 0 Å². The van der Waals surface area contributed by atoms with Crippen molar-refractivity contribution in [3.8, 4) is 0 Å². The van der Waals surface area contributed by atoms with E-state index in [1.54, 1.807) is 10.7 Å². The van der Waals surface area contributed by atoms with Gasteiger partial charge >= 0.3 is 5.97 Å². The van der Waals surface area contributed by atoms with Crippen molar-refractivity contribution in [3.63, 3.8) is 0 Å². The van der Waals surface area contributed by atoms with E-state index in [-0.39, 0.29) is 12.5 Å². The molecule has 1 aromatic heterocycles. The average Bonchev–Trinajstić information content (AvgIpc) is 2.29. The highest BCUT2D eigenvalue weighted by atomic mass is 35.5. The molecule has 0 bridgehead atoms. The van der Waals surface area contributed by atoms with E-state index in [0.717, 1.165) is 0 Å². The maximum Gasteiger partial charge on any atom is 0.309 e. The molecule has 0 fully saturated rings. The second-order valence-electron chi connectivity index (χ2n) is 3.07. The molecule has 13 heavy (non-hydrogen) atoms. The Hall–Kier alpha value is -1.03. The summed E-state index contributed by atoms with van der Waals surface area (Å²) in [5.74, 6) is -0.898. The van der Waals surface area contributed by atoms with Gasteiger partial charge in [-0.1, -0.05) is 11.6 Å². The molecule has 1 aromatic rings. The Morgan fingerprint density at radius 3 is 2.77 bits per heavy atom. The maximum absolute atomic E-state index is 10.4. The molecule has 5 heteroatoms. The molecule has 72 valence electrons. The molecule has 1 N–H and O–H groups in total. The van der Waals surface area contributed by atoms with Crippen LogP contribution < -0.4 is 0 Å². The highest BCUT2D eigenvalue weighted by molar-refractivity contribution is 6.29. The predicted octanol–water partition coefficient (Wildman–Crippen LogP) is 1.74. The summed E-state index contributed by atoms with van der Waals surface area (Å²) in [4.78, 5) is 10.4. The van der Waals surface area contributed by atoms with E-state index in [0.29, 0.717) is 10.8 Å². The lowest BCUT2D eigenvalue weighted by Gasteiger charge is -2.05. The summed E-state index contributed by atoms with van der Waals surface area (Å²) in [6, 6.07) is 1.73. The Bertz CT molecular complexity index is 320. The lowest BCUT2D eigenvalue weighted by Crippen LogP contribution is -2.05. The molecule has 1 heterocycles. The number of halogens is 1. The molecule has 0 amide bonds. The lowest BCUT2D eigenvalue weighted by atomic mass is 10.3. The van der Waals surface area contributed by atoms with Gasteiger partial charge in [-0.15, -0.1) is 0 Å². The van der Waals surface area contributed by atoms with Crippen molar-refractivity contribution in [2.75, 3.05) is 0 Å². The van der Waals surface area contributed by atoms with E-state index in [2.05, 4.69) is 5.10 Å². The predicted molar refractivity (Wildman–Crippen MR) is 49.0 cm³/mol. The monoisotopic (exact) mass is 202 g/mol. The van der Waals surface area contributed by atoms with Crippen LogP contribution in [0.3, 0.4) is 0 Å². The minimum absolute atomic E-state index is 0.0839. The molecule has 0 spiro atoms. The van der Waals surface area contributed by atoms with Crippen molar-refractivity contribution < 1.29 is 9.90 Å². The number of hydrogen-bond acceptors (Lipinski definition) is 2. The van der Waals surface area contributed by atoms with Crippen LogP contribution in [0.25, 0.3) is 0 Å². The fourth-order valence-electron chi connectivity index (χ4n) is 1.02. The van der Waals surface area contributed by atoms with Gasteiger partial charge in [0.25, 0.3) is 0 Å². The summed E-state index contributed by atoms with van der Waals surface area (Å²) < 4.78 is 1.60. The molecule has 0 saturated carbocycles. The van der Waals surface area contributed by atoms with E-state index in [1.807, 2.05) is 13.8 Å². The molecule has 0 radical (unpaired) electrons. The second-order valence-corrected chi connectivity index (χ2v) is 3.45. The van der Waals surface area contributed by atoms with Crippen LogP contribution in [0.1, 0.15) is 25.6 Å². The van der Waals surface area contributed by atoms with Crippen LogP contribution in [0.5, 0.6) is 0 Å². The number of carbonyl (C=O) groups is 1. The minimum Gasteiger partial charge on any atom is -0.481 e. The Balaban J connectivity index is 2.88. The first-order valence-corrected chi connectivity index (χ1v) is 4.34. The SMILES string of the molecule is CC(C)n1nc(CC(=O)O)cc1Cl. The van der Waals surface area contributed by atoms with Gasteiger partial charge in [-0.3, -0.25) is 9.48 Å². The normalized spacial score (nSPS) is 10.8. The standard InChI is InChI=1S/C8H11ClN2O2/c1-5(2)11-7(9)3-6(10-11)4-8(12)13/h3,5H,4H2,1-2H3,(H,12,13). The van der Waals surface area contributed by atoms with Gasteiger partial charge in [0.2, 0.25) is 0 Å². The average molecular weight is 203 g/mol. The fraction of sp³-hybridized carbons (Fsp3) is 0.500. The van der Waals surface area contributed by atoms with Crippen molar-refractivity contribution in [2.45, 2.75) is 26.3 Å². The molecule has 0 aromatic carbocycles.